The molecule has 28 heavy (non-hydrogen) atoms. The number of hydrogen-bond acceptors (Lipinski definition) is 6. The molecule has 1 aliphatic rings. The summed E-state index contributed by atoms with van der Waals surface area (Å²) in [6.45, 7) is 6.34. The Morgan fingerprint density at radius 3 is 2.54 bits per heavy atom. The lowest BCUT2D eigenvalue weighted by Gasteiger charge is -2.32. The SMILES string of the molecule is CCOC(=O)C1CCN(C(=O)C(C)OC(=O)c2oc3ccccc3c2C)CC1. The average molecular weight is 387 g/mol. The van der Waals surface area contributed by atoms with E-state index in [4.69, 9.17) is 13.9 Å². The number of likely N-dealkylation sites (tertiary alicyclic amines) is 1. The zero-order valence-electron chi connectivity index (χ0n) is 16.4. The standard InChI is InChI=1S/C21H25NO6/c1-4-26-20(24)15-9-11-22(12-10-15)19(23)14(3)27-21(25)18-13(2)16-7-5-6-8-17(16)28-18/h5-8,14-15H,4,9-12H2,1-3H3. The molecule has 0 saturated carbocycles. The predicted molar refractivity (Wildman–Crippen MR) is 102 cm³/mol. The van der Waals surface area contributed by atoms with Crippen LogP contribution in [0.15, 0.2) is 28.7 Å². The number of carbonyl (C=O) groups is 3. The van der Waals surface area contributed by atoms with E-state index in [0.29, 0.717) is 43.7 Å². The summed E-state index contributed by atoms with van der Waals surface area (Å²) < 4.78 is 16.0. The van der Waals surface area contributed by atoms with E-state index >= 15 is 0 Å². The van der Waals surface area contributed by atoms with E-state index in [2.05, 4.69) is 0 Å². The molecule has 3 rings (SSSR count). The largest absolute Gasteiger partial charge is 0.466 e. The second kappa shape index (κ2) is 8.46. The molecule has 2 aromatic rings. The number of rotatable bonds is 5. The van der Waals surface area contributed by atoms with Crippen LogP contribution < -0.4 is 0 Å². The van der Waals surface area contributed by atoms with Gasteiger partial charge in [0.2, 0.25) is 5.76 Å². The molecule has 0 spiro atoms. The van der Waals surface area contributed by atoms with Crippen molar-refractivity contribution in [1.82, 2.24) is 4.90 Å². The first kappa shape index (κ1) is 19.9. The Bertz CT molecular complexity index is 878. The van der Waals surface area contributed by atoms with Crippen LogP contribution in [0, 0.1) is 12.8 Å². The van der Waals surface area contributed by atoms with Crippen molar-refractivity contribution in [1.29, 1.82) is 0 Å². The number of para-hydroxylation sites is 1. The van der Waals surface area contributed by atoms with Crippen LogP contribution in [0.5, 0.6) is 0 Å². The molecule has 1 unspecified atom stereocenters. The Kier molecular flexibility index (Phi) is 6.02. The number of benzene rings is 1. The van der Waals surface area contributed by atoms with Crippen LogP contribution in [0.1, 0.15) is 42.8 Å². The molecule has 0 bridgehead atoms. The normalized spacial score (nSPS) is 16.0. The number of fused-ring (bicyclic) bond motifs is 1. The van der Waals surface area contributed by atoms with Gasteiger partial charge in [-0.3, -0.25) is 9.59 Å². The van der Waals surface area contributed by atoms with Crippen molar-refractivity contribution in [2.45, 2.75) is 39.7 Å². The van der Waals surface area contributed by atoms with Crippen LogP contribution in [0.3, 0.4) is 0 Å². The van der Waals surface area contributed by atoms with E-state index in [1.807, 2.05) is 18.2 Å². The molecule has 1 aromatic heterocycles. The molecule has 1 fully saturated rings. The highest BCUT2D eigenvalue weighted by Gasteiger charge is 2.32. The maximum atomic E-state index is 12.6. The molecule has 1 saturated heterocycles. The summed E-state index contributed by atoms with van der Waals surface area (Å²) in [7, 11) is 0. The van der Waals surface area contributed by atoms with Crippen molar-refractivity contribution in [2.24, 2.45) is 5.92 Å². The minimum atomic E-state index is -0.931. The monoisotopic (exact) mass is 387 g/mol. The third kappa shape index (κ3) is 4.03. The van der Waals surface area contributed by atoms with Crippen LogP contribution in [0.25, 0.3) is 11.0 Å². The van der Waals surface area contributed by atoms with Crippen molar-refractivity contribution < 1.29 is 28.3 Å². The van der Waals surface area contributed by atoms with Gasteiger partial charge in [-0.15, -0.1) is 0 Å². The fourth-order valence-corrected chi connectivity index (χ4v) is 3.49. The molecular formula is C21H25NO6. The Balaban J connectivity index is 1.59. The first-order valence-electron chi connectivity index (χ1n) is 9.56. The second-order valence-corrected chi connectivity index (χ2v) is 6.95. The third-order valence-electron chi connectivity index (χ3n) is 5.09. The Labute approximate surface area is 163 Å². The van der Waals surface area contributed by atoms with Crippen LogP contribution >= 0.6 is 0 Å². The number of piperidine rings is 1. The van der Waals surface area contributed by atoms with Gasteiger partial charge in [0, 0.05) is 24.0 Å². The zero-order valence-corrected chi connectivity index (χ0v) is 16.4. The van der Waals surface area contributed by atoms with Gasteiger partial charge in [-0.1, -0.05) is 18.2 Å². The molecule has 150 valence electrons. The summed E-state index contributed by atoms with van der Waals surface area (Å²) in [6.07, 6.45) is 0.168. The number of furan rings is 1. The van der Waals surface area contributed by atoms with E-state index in [1.165, 1.54) is 0 Å². The van der Waals surface area contributed by atoms with Crippen LogP contribution in [0.2, 0.25) is 0 Å². The van der Waals surface area contributed by atoms with Gasteiger partial charge in [0.15, 0.2) is 6.10 Å². The van der Waals surface area contributed by atoms with Gasteiger partial charge in [0.1, 0.15) is 5.58 Å². The number of aryl methyl sites for hydroxylation is 1. The molecule has 2 heterocycles. The lowest BCUT2D eigenvalue weighted by atomic mass is 9.97. The summed E-state index contributed by atoms with van der Waals surface area (Å²) in [5, 5.41) is 0.842. The number of amides is 1. The molecule has 1 aromatic carbocycles. The van der Waals surface area contributed by atoms with Crippen molar-refractivity contribution >= 4 is 28.8 Å². The van der Waals surface area contributed by atoms with Gasteiger partial charge >= 0.3 is 11.9 Å². The number of hydrogen-bond donors (Lipinski definition) is 0. The maximum Gasteiger partial charge on any atom is 0.375 e. The minimum absolute atomic E-state index is 0.113. The second-order valence-electron chi connectivity index (χ2n) is 6.95. The van der Waals surface area contributed by atoms with Crippen molar-refractivity contribution in [3.8, 4) is 0 Å². The topological polar surface area (TPSA) is 86.0 Å². The molecular weight excluding hydrogens is 362 g/mol. The van der Waals surface area contributed by atoms with Crippen LogP contribution in [-0.4, -0.2) is 48.5 Å². The predicted octanol–water partition coefficient (Wildman–Crippen LogP) is 3.09. The molecule has 0 radical (unpaired) electrons. The van der Waals surface area contributed by atoms with Gasteiger partial charge in [-0.2, -0.15) is 0 Å². The van der Waals surface area contributed by atoms with Gasteiger partial charge in [0.25, 0.3) is 5.91 Å². The highest BCUT2D eigenvalue weighted by Crippen LogP contribution is 2.26. The highest BCUT2D eigenvalue weighted by molar-refractivity contribution is 5.97. The molecule has 1 amide bonds. The summed E-state index contributed by atoms with van der Waals surface area (Å²) >= 11 is 0. The fraction of sp³-hybridized carbons (Fsp3) is 0.476. The molecule has 1 aliphatic heterocycles. The summed E-state index contributed by atoms with van der Waals surface area (Å²) in [5.74, 6) is -1.21. The minimum Gasteiger partial charge on any atom is -0.466 e. The Morgan fingerprint density at radius 2 is 1.89 bits per heavy atom. The van der Waals surface area contributed by atoms with Gasteiger partial charge < -0.3 is 18.8 Å². The Morgan fingerprint density at radius 1 is 1.21 bits per heavy atom. The molecule has 7 heteroatoms. The van der Waals surface area contributed by atoms with E-state index in [0.717, 1.165) is 5.39 Å². The van der Waals surface area contributed by atoms with E-state index < -0.39 is 12.1 Å². The van der Waals surface area contributed by atoms with E-state index in [1.54, 1.807) is 31.7 Å². The lowest BCUT2D eigenvalue weighted by molar-refractivity contribution is -0.152. The zero-order chi connectivity index (χ0) is 20.3. The summed E-state index contributed by atoms with van der Waals surface area (Å²) in [6, 6.07) is 7.34. The lowest BCUT2D eigenvalue weighted by Crippen LogP contribution is -2.45. The number of nitrogens with zero attached hydrogens (tertiary/aromatic N) is 1. The van der Waals surface area contributed by atoms with Gasteiger partial charge in [0.05, 0.1) is 12.5 Å². The van der Waals surface area contributed by atoms with Crippen molar-refractivity contribution in [2.75, 3.05) is 19.7 Å². The summed E-state index contributed by atoms with van der Waals surface area (Å²) in [4.78, 5) is 38.6. The number of carbonyl (C=O) groups excluding carboxylic acids is 3. The van der Waals surface area contributed by atoms with Gasteiger partial charge in [-0.25, -0.2) is 4.79 Å². The molecule has 7 nitrogen and oxygen atoms in total. The van der Waals surface area contributed by atoms with E-state index in [-0.39, 0.29) is 23.6 Å². The molecule has 0 N–H and O–H groups in total. The first-order chi connectivity index (χ1) is 13.4. The van der Waals surface area contributed by atoms with Crippen molar-refractivity contribution in [3.05, 3.63) is 35.6 Å². The fourth-order valence-electron chi connectivity index (χ4n) is 3.49. The van der Waals surface area contributed by atoms with Gasteiger partial charge in [-0.05, 0) is 39.7 Å². The van der Waals surface area contributed by atoms with Crippen LogP contribution in [-0.2, 0) is 19.1 Å². The third-order valence-corrected chi connectivity index (χ3v) is 5.09. The highest BCUT2D eigenvalue weighted by atomic mass is 16.6. The first-order valence-corrected chi connectivity index (χ1v) is 9.56. The average Bonchev–Trinajstić information content (AvgIpc) is 3.04. The smallest absolute Gasteiger partial charge is 0.375 e. The number of ether oxygens (including phenoxy) is 2. The molecule has 1 atom stereocenters. The van der Waals surface area contributed by atoms with E-state index in [9.17, 15) is 14.4 Å². The quantitative estimate of drug-likeness (QED) is 0.733. The van der Waals surface area contributed by atoms with Crippen LogP contribution in [0.4, 0.5) is 0 Å². The summed E-state index contributed by atoms with van der Waals surface area (Å²) in [5.41, 5.74) is 1.29. The Hall–Kier alpha value is -2.83. The van der Waals surface area contributed by atoms with Crippen molar-refractivity contribution in [3.63, 3.8) is 0 Å². The maximum absolute atomic E-state index is 12.6. The molecule has 0 aliphatic carbocycles. The number of esters is 2.